The Morgan fingerprint density at radius 2 is 1.17 bits per heavy atom. The Bertz CT molecular complexity index is 665. The summed E-state index contributed by atoms with van der Waals surface area (Å²) >= 11 is 0. The van der Waals surface area contributed by atoms with Crippen molar-refractivity contribution >= 4 is 5.71 Å². The van der Waals surface area contributed by atoms with Crippen LogP contribution < -0.4 is 0 Å². The molecule has 2 aromatic carbocycles. The van der Waals surface area contributed by atoms with E-state index in [9.17, 15) is 0 Å². The minimum atomic E-state index is 0.348. The fourth-order valence-corrected chi connectivity index (χ4v) is 2.82. The highest BCUT2D eigenvalue weighted by atomic mass is 14.8. The highest BCUT2D eigenvalue weighted by molar-refractivity contribution is 6.15. The third kappa shape index (κ3) is 3.61. The van der Waals surface area contributed by atoms with Crippen molar-refractivity contribution in [3.8, 4) is 11.1 Å². The van der Waals surface area contributed by atoms with E-state index in [0.29, 0.717) is 5.92 Å². The van der Waals surface area contributed by atoms with Crippen LogP contribution in [0.1, 0.15) is 58.6 Å². The van der Waals surface area contributed by atoms with E-state index in [1.165, 1.54) is 28.0 Å². The Morgan fingerprint density at radius 1 is 0.652 bits per heavy atom. The number of allylic oxidation sites excluding steroid dienone is 1. The maximum Gasteiger partial charge on any atom is 0.0595 e. The Balaban J connectivity index is 0.000000400. The van der Waals surface area contributed by atoms with Crippen LogP contribution in [0.5, 0.6) is 0 Å². The van der Waals surface area contributed by atoms with Crippen LogP contribution in [-0.2, 0) is 0 Å². The molecule has 1 atom stereocenters. The van der Waals surface area contributed by atoms with Gasteiger partial charge in [0.2, 0.25) is 0 Å². The first-order valence-corrected chi connectivity index (χ1v) is 8.88. The van der Waals surface area contributed by atoms with E-state index in [0.717, 1.165) is 0 Å². The summed E-state index contributed by atoms with van der Waals surface area (Å²) in [6.07, 6.45) is 4.11. The quantitative estimate of drug-likeness (QED) is 0.505. The second kappa shape index (κ2) is 9.78. The average Bonchev–Trinajstić information content (AvgIpc) is 3.17. The van der Waals surface area contributed by atoms with Crippen molar-refractivity contribution in [1.82, 2.24) is 0 Å². The van der Waals surface area contributed by atoms with Gasteiger partial charge in [0.05, 0.1) is 5.71 Å². The van der Waals surface area contributed by atoms with Gasteiger partial charge >= 0.3 is 0 Å². The fourth-order valence-electron chi connectivity index (χ4n) is 2.82. The molecule has 0 N–H and O–H groups in total. The van der Waals surface area contributed by atoms with Gasteiger partial charge in [-0.05, 0) is 16.7 Å². The monoisotopic (exact) mass is 307 g/mol. The Hall–Kier alpha value is -2.15. The SMILES string of the molecule is C1=CC2C(=N1)c1ccccc1-c1ccccc12.CC.CC.CC. The molecular formula is C22H29N. The molecule has 1 heterocycles. The van der Waals surface area contributed by atoms with E-state index < -0.39 is 0 Å². The third-order valence-corrected chi connectivity index (χ3v) is 3.58. The standard InChI is InChI=1S/C16H11N.3C2H6/c1-2-7-13-11(5-1)12-6-3-4-8-14(12)16-15(13)9-10-17-16;3*1-2/h1-10,15H;3*1-2H3. The molecule has 1 unspecified atom stereocenters. The lowest BCUT2D eigenvalue weighted by molar-refractivity contribution is 1.15. The van der Waals surface area contributed by atoms with E-state index in [1.807, 2.05) is 47.7 Å². The number of aliphatic imine (C=N–C) groups is 1. The number of fused-ring (bicyclic) bond motifs is 6. The van der Waals surface area contributed by atoms with Gasteiger partial charge in [-0.15, -0.1) is 0 Å². The van der Waals surface area contributed by atoms with Crippen molar-refractivity contribution in [2.24, 2.45) is 4.99 Å². The van der Waals surface area contributed by atoms with Crippen LogP contribution in [0.15, 0.2) is 65.8 Å². The summed E-state index contributed by atoms with van der Waals surface area (Å²) in [7, 11) is 0. The number of hydrogen-bond donors (Lipinski definition) is 0. The van der Waals surface area contributed by atoms with Crippen LogP contribution in [0.3, 0.4) is 0 Å². The van der Waals surface area contributed by atoms with Gasteiger partial charge in [0, 0.05) is 17.7 Å². The van der Waals surface area contributed by atoms with Crippen LogP contribution in [0.25, 0.3) is 11.1 Å². The minimum Gasteiger partial charge on any atom is -0.260 e. The topological polar surface area (TPSA) is 12.4 Å². The zero-order valence-corrected chi connectivity index (χ0v) is 15.3. The molecule has 122 valence electrons. The lowest BCUT2D eigenvalue weighted by Crippen LogP contribution is -2.16. The van der Waals surface area contributed by atoms with Crippen LogP contribution in [0.4, 0.5) is 0 Å². The van der Waals surface area contributed by atoms with Crippen molar-refractivity contribution in [2.45, 2.75) is 47.5 Å². The van der Waals surface area contributed by atoms with Crippen LogP contribution in [-0.4, -0.2) is 5.71 Å². The lowest BCUT2D eigenvalue weighted by atomic mass is 9.78. The molecule has 2 aliphatic rings. The van der Waals surface area contributed by atoms with Gasteiger partial charge in [-0.25, -0.2) is 0 Å². The maximum atomic E-state index is 4.53. The van der Waals surface area contributed by atoms with Crippen molar-refractivity contribution in [3.05, 3.63) is 71.9 Å². The average molecular weight is 307 g/mol. The summed E-state index contributed by atoms with van der Waals surface area (Å²) in [5.41, 5.74) is 6.50. The van der Waals surface area contributed by atoms with Gasteiger partial charge in [-0.2, -0.15) is 0 Å². The van der Waals surface area contributed by atoms with Crippen molar-refractivity contribution in [1.29, 1.82) is 0 Å². The minimum absolute atomic E-state index is 0.348. The van der Waals surface area contributed by atoms with Gasteiger partial charge in [0.15, 0.2) is 0 Å². The number of benzene rings is 2. The van der Waals surface area contributed by atoms with E-state index in [2.05, 4.69) is 59.6 Å². The molecule has 4 rings (SSSR count). The molecule has 0 fully saturated rings. The largest absolute Gasteiger partial charge is 0.260 e. The molecule has 1 aliphatic heterocycles. The van der Waals surface area contributed by atoms with Gasteiger partial charge < -0.3 is 0 Å². The Labute approximate surface area is 141 Å². The van der Waals surface area contributed by atoms with Crippen LogP contribution >= 0.6 is 0 Å². The molecule has 0 radical (unpaired) electrons. The van der Waals surface area contributed by atoms with Crippen molar-refractivity contribution < 1.29 is 0 Å². The first-order chi connectivity index (χ1) is 11.4. The zero-order valence-electron chi connectivity index (χ0n) is 15.3. The van der Waals surface area contributed by atoms with E-state index in [1.54, 1.807) is 0 Å². The van der Waals surface area contributed by atoms with Gasteiger partial charge in [0.1, 0.15) is 0 Å². The van der Waals surface area contributed by atoms with Crippen molar-refractivity contribution in [3.63, 3.8) is 0 Å². The highest BCUT2D eigenvalue weighted by Gasteiger charge is 2.29. The Morgan fingerprint density at radius 3 is 1.83 bits per heavy atom. The van der Waals surface area contributed by atoms with E-state index in [-0.39, 0.29) is 0 Å². The zero-order chi connectivity index (χ0) is 17.2. The van der Waals surface area contributed by atoms with Gasteiger partial charge in [-0.1, -0.05) is 96.1 Å². The van der Waals surface area contributed by atoms with E-state index in [4.69, 9.17) is 0 Å². The summed E-state index contributed by atoms with van der Waals surface area (Å²) in [4.78, 5) is 4.53. The first-order valence-electron chi connectivity index (χ1n) is 8.88. The van der Waals surface area contributed by atoms with Crippen LogP contribution in [0.2, 0.25) is 0 Å². The number of rotatable bonds is 0. The van der Waals surface area contributed by atoms with Crippen molar-refractivity contribution in [2.75, 3.05) is 0 Å². The first kappa shape index (κ1) is 18.9. The summed E-state index contributed by atoms with van der Waals surface area (Å²) in [6, 6.07) is 17.2. The normalized spacial score (nSPS) is 15.0. The van der Waals surface area contributed by atoms with Gasteiger partial charge in [-0.3, -0.25) is 4.99 Å². The third-order valence-electron chi connectivity index (χ3n) is 3.58. The maximum absolute atomic E-state index is 4.53. The van der Waals surface area contributed by atoms with E-state index >= 15 is 0 Å². The molecule has 0 amide bonds. The molecule has 0 bridgehead atoms. The fraction of sp³-hybridized carbons (Fsp3) is 0.318. The molecule has 1 heteroatoms. The smallest absolute Gasteiger partial charge is 0.0595 e. The molecule has 0 spiro atoms. The highest BCUT2D eigenvalue weighted by Crippen LogP contribution is 2.41. The van der Waals surface area contributed by atoms with Crippen LogP contribution in [0, 0.1) is 0 Å². The predicted molar refractivity (Wildman–Crippen MR) is 104 cm³/mol. The summed E-state index contributed by atoms with van der Waals surface area (Å²) in [5, 5.41) is 0. The molecular weight excluding hydrogens is 278 g/mol. The molecule has 2 aromatic rings. The molecule has 0 saturated heterocycles. The lowest BCUT2D eigenvalue weighted by Gasteiger charge is -2.25. The number of nitrogens with zero attached hydrogens (tertiary/aromatic N) is 1. The summed E-state index contributed by atoms with van der Waals surface area (Å²) < 4.78 is 0. The van der Waals surface area contributed by atoms with Gasteiger partial charge in [0.25, 0.3) is 0 Å². The summed E-state index contributed by atoms with van der Waals surface area (Å²) in [6.45, 7) is 12.0. The molecule has 1 nitrogen and oxygen atoms in total. The number of hydrogen-bond acceptors (Lipinski definition) is 1. The molecule has 0 aromatic heterocycles. The summed E-state index contributed by atoms with van der Waals surface area (Å²) in [5.74, 6) is 0.348. The second-order valence-corrected chi connectivity index (χ2v) is 4.47. The molecule has 1 aliphatic carbocycles. The molecule has 23 heavy (non-hydrogen) atoms. The second-order valence-electron chi connectivity index (χ2n) is 4.47. The Kier molecular flexibility index (Phi) is 8.04. The predicted octanol–water partition coefficient (Wildman–Crippen LogP) is 6.85. The molecule has 0 saturated carbocycles.